The van der Waals surface area contributed by atoms with Crippen LogP contribution in [-0.4, -0.2) is 52.7 Å². The first-order chi connectivity index (χ1) is 11.1. The standard InChI is InChI=1S/C17H18N2O4/c20-16(21)10-13-11-23-9-8-19(13)17(22)15-7-6-14(18-15)12-4-2-1-3-5-12/h1-7,13,18H,8-11H2,(H,20,21)/t13-/m1/s1. The molecule has 1 aliphatic heterocycles. The quantitative estimate of drug-likeness (QED) is 0.904. The lowest BCUT2D eigenvalue weighted by molar-refractivity contribution is -0.139. The molecule has 120 valence electrons. The van der Waals surface area contributed by atoms with Crippen LogP contribution in [0.4, 0.5) is 0 Å². The molecule has 0 unspecified atom stereocenters. The minimum absolute atomic E-state index is 0.113. The Hall–Kier alpha value is -2.60. The third-order valence-corrected chi connectivity index (χ3v) is 3.90. The van der Waals surface area contributed by atoms with Crippen LogP contribution in [0.15, 0.2) is 42.5 Å². The van der Waals surface area contributed by atoms with Gasteiger partial charge in [-0.05, 0) is 17.7 Å². The maximum absolute atomic E-state index is 12.7. The van der Waals surface area contributed by atoms with Gasteiger partial charge < -0.3 is 19.7 Å². The van der Waals surface area contributed by atoms with Crippen molar-refractivity contribution in [1.82, 2.24) is 9.88 Å². The predicted molar refractivity (Wildman–Crippen MR) is 84.1 cm³/mol. The van der Waals surface area contributed by atoms with E-state index in [0.717, 1.165) is 11.3 Å². The number of carbonyl (C=O) groups is 2. The zero-order valence-electron chi connectivity index (χ0n) is 12.6. The molecule has 2 N–H and O–H groups in total. The number of nitrogens with zero attached hydrogens (tertiary/aromatic N) is 1. The Bertz CT molecular complexity index is 696. The number of hydrogen-bond acceptors (Lipinski definition) is 3. The minimum atomic E-state index is -0.935. The van der Waals surface area contributed by atoms with Crippen molar-refractivity contribution in [3.8, 4) is 11.3 Å². The summed E-state index contributed by atoms with van der Waals surface area (Å²) in [5, 5.41) is 8.99. The number of aromatic amines is 1. The third kappa shape index (κ3) is 3.43. The Labute approximate surface area is 133 Å². The second-order valence-electron chi connectivity index (χ2n) is 5.48. The molecule has 2 heterocycles. The summed E-state index contributed by atoms with van der Waals surface area (Å²) in [5.41, 5.74) is 2.31. The highest BCUT2D eigenvalue weighted by Gasteiger charge is 2.30. The van der Waals surface area contributed by atoms with Crippen molar-refractivity contribution in [2.24, 2.45) is 0 Å². The van der Waals surface area contributed by atoms with Gasteiger partial charge in [-0.2, -0.15) is 0 Å². The first-order valence-electron chi connectivity index (χ1n) is 7.50. The number of amides is 1. The van der Waals surface area contributed by atoms with Crippen molar-refractivity contribution >= 4 is 11.9 Å². The van der Waals surface area contributed by atoms with Gasteiger partial charge >= 0.3 is 5.97 Å². The fourth-order valence-electron chi connectivity index (χ4n) is 2.75. The lowest BCUT2D eigenvalue weighted by atomic mass is 10.1. The van der Waals surface area contributed by atoms with Gasteiger partial charge in [-0.25, -0.2) is 0 Å². The Kier molecular flexibility index (Phi) is 4.43. The molecule has 0 radical (unpaired) electrons. The van der Waals surface area contributed by atoms with Gasteiger partial charge in [0.25, 0.3) is 5.91 Å². The van der Waals surface area contributed by atoms with Crippen molar-refractivity contribution in [3.05, 3.63) is 48.2 Å². The molecular formula is C17H18N2O4. The van der Waals surface area contributed by atoms with E-state index in [0.29, 0.717) is 18.8 Å². The number of rotatable bonds is 4. The van der Waals surface area contributed by atoms with Crippen LogP contribution in [0.5, 0.6) is 0 Å². The lowest BCUT2D eigenvalue weighted by Crippen LogP contribution is -2.49. The summed E-state index contributed by atoms with van der Waals surface area (Å²) in [6, 6.07) is 12.9. The van der Waals surface area contributed by atoms with Gasteiger partial charge in [0, 0.05) is 12.2 Å². The van der Waals surface area contributed by atoms with Crippen LogP contribution < -0.4 is 0 Å². The summed E-state index contributed by atoms with van der Waals surface area (Å²) in [5.74, 6) is -1.13. The molecule has 2 aromatic rings. The molecule has 3 rings (SSSR count). The lowest BCUT2D eigenvalue weighted by Gasteiger charge is -2.34. The molecule has 1 aromatic heterocycles. The number of benzene rings is 1. The van der Waals surface area contributed by atoms with Gasteiger partial charge in [-0.1, -0.05) is 30.3 Å². The molecule has 6 heteroatoms. The van der Waals surface area contributed by atoms with Crippen LogP contribution in [0.25, 0.3) is 11.3 Å². The average molecular weight is 314 g/mol. The van der Waals surface area contributed by atoms with Crippen LogP contribution >= 0.6 is 0 Å². The van der Waals surface area contributed by atoms with Gasteiger partial charge in [0.1, 0.15) is 5.69 Å². The number of morpholine rings is 1. The topological polar surface area (TPSA) is 82.6 Å². The number of carboxylic acid groups (broad SMARTS) is 1. The number of ether oxygens (including phenoxy) is 1. The van der Waals surface area contributed by atoms with Crippen LogP contribution in [0.3, 0.4) is 0 Å². The monoisotopic (exact) mass is 314 g/mol. The van der Waals surface area contributed by atoms with E-state index in [1.807, 2.05) is 36.4 Å². The first kappa shape index (κ1) is 15.3. The van der Waals surface area contributed by atoms with E-state index in [-0.39, 0.29) is 18.9 Å². The Balaban J connectivity index is 1.79. The van der Waals surface area contributed by atoms with Crippen molar-refractivity contribution in [2.45, 2.75) is 12.5 Å². The van der Waals surface area contributed by atoms with Crippen molar-refractivity contribution < 1.29 is 19.4 Å². The number of nitrogens with one attached hydrogen (secondary N) is 1. The molecule has 1 atom stereocenters. The van der Waals surface area contributed by atoms with E-state index in [2.05, 4.69) is 4.98 Å². The normalized spacial score (nSPS) is 17.9. The summed E-state index contributed by atoms with van der Waals surface area (Å²) >= 11 is 0. The molecule has 0 aliphatic carbocycles. The van der Waals surface area contributed by atoms with E-state index in [4.69, 9.17) is 9.84 Å². The Morgan fingerprint density at radius 2 is 2.00 bits per heavy atom. The number of aromatic nitrogens is 1. The number of carboxylic acids is 1. The summed E-state index contributed by atoms with van der Waals surface area (Å²) in [6.07, 6.45) is -0.113. The molecule has 1 aliphatic rings. The van der Waals surface area contributed by atoms with Gasteiger partial charge in [0.15, 0.2) is 0 Å². The summed E-state index contributed by atoms with van der Waals surface area (Å²) < 4.78 is 5.31. The summed E-state index contributed by atoms with van der Waals surface area (Å²) in [7, 11) is 0. The number of H-pyrrole nitrogens is 1. The highest BCUT2D eigenvalue weighted by atomic mass is 16.5. The largest absolute Gasteiger partial charge is 0.481 e. The second-order valence-corrected chi connectivity index (χ2v) is 5.48. The van der Waals surface area contributed by atoms with Gasteiger partial charge in [0.2, 0.25) is 0 Å². The zero-order chi connectivity index (χ0) is 16.2. The minimum Gasteiger partial charge on any atom is -0.481 e. The maximum atomic E-state index is 12.7. The van der Waals surface area contributed by atoms with Gasteiger partial charge in [-0.15, -0.1) is 0 Å². The molecule has 1 amide bonds. The van der Waals surface area contributed by atoms with Crippen LogP contribution in [0.2, 0.25) is 0 Å². The molecule has 1 fully saturated rings. The van der Waals surface area contributed by atoms with E-state index in [9.17, 15) is 9.59 Å². The fourth-order valence-corrected chi connectivity index (χ4v) is 2.75. The molecular weight excluding hydrogens is 296 g/mol. The highest BCUT2D eigenvalue weighted by molar-refractivity contribution is 5.94. The molecule has 1 aromatic carbocycles. The van der Waals surface area contributed by atoms with Crippen LogP contribution in [0.1, 0.15) is 16.9 Å². The first-order valence-corrected chi connectivity index (χ1v) is 7.50. The van der Waals surface area contributed by atoms with Crippen LogP contribution in [-0.2, 0) is 9.53 Å². The Morgan fingerprint density at radius 3 is 2.74 bits per heavy atom. The molecule has 0 spiro atoms. The SMILES string of the molecule is O=C(O)C[C@@H]1COCCN1C(=O)c1ccc(-c2ccccc2)[nH]1. The number of aliphatic carboxylic acids is 1. The van der Waals surface area contributed by atoms with Gasteiger partial charge in [0.05, 0.1) is 25.7 Å². The zero-order valence-corrected chi connectivity index (χ0v) is 12.6. The van der Waals surface area contributed by atoms with E-state index in [1.54, 1.807) is 11.0 Å². The van der Waals surface area contributed by atoms with Crippen molar-refractivity contribution in [3.63, 3.8) is 0 Å². The van der Waals surface area contributed by atoms with E-state index >= 15 is 0 Å². The van der Waals surface area contributed by atoms with Crippen molar-refractivity contribution in [2.75, 3.05) is 19.8 Å². The maximum Gasteiger partial charge on any atom is 0.305 e. The fraction of sp³-hybridized carbons (Fsp3) is 0.294. The average Bonchev–Trinajstić information content (AvgIpc) is 3.05. The molecule has 0 bridgehead atoms. The van der Waals surface area contributed by atoms with Crippen LogP contribution in [0, 0.1) is 0 Å². The molecule has 6 nitrogen and oxygen atoms in total. The third-order valence-electron chi connectivity index (χ3n) is 3.90. The highest BCUT2D eigenvalue weighted by Crippen LogP contribution is 2.20. The van der Waals surface area contributed by atoms with E-state index in [1.165, 1.54) is 0 Å². The number of carbonyl (C=O) groups excluding carboxylic acids is 1. The van der Waals surface area contributed by atoms with Crippen molar-refractivity contribution in [1.29, 1.82) is 0 Å². The second kappa shape index (κ2) is 6.66. The van der Waals surface area contributed by atoms with Gasteiger partial charge in [-0.3, -0.25) is 9.59 Å². The van der Waals surface area contributed by atoms with E-state index < -0.39 is 12.0 Å². The predicted octanol–water partition coefficient (Wildman–Crippen LogP) is 2.00. The Morgan fingerprint density at radius 1 is 1.22 bits per heavy atom. The smallest absolute Gasteiger partial charge is 0.305 e. The summed E-state index contributed by atoms with van der Waals surface area (Å²) in [6.45, 7) is 1.08. The summed E-state index contributed by atoms with van der Waals surface area (Å²) in [4.78, 5) is 28.3. The molecule has 1 saturated heterocycles. The molecule has 23 heavy (non-hydrogen) atoms. The molecule has 0 saturated carbocycles. The number of hydrogen-bond donors (Lipinski definition) is 2.